The molecule has 0 spiro atoms. The molecule has 2 aromatic rings. The van der Waals surface area contributed by atoms with Crippen LogP contribution in [0.25, 0.3) is 10.9 Å². The summed E-state index contributed by atoms with van der Waals surface area (Å²) in [5.74, 6) is 0.0589. The maximum atomic E-state index is 11.5. The fourth-order valence-electron chi connectivity index (χ4n) is 1.39. The fourth-order valence-corrected chi connectivity index (χ4v) is 1.39. The summed E-state index contributed by atoms with van der Waals surface area (Å²) in [4.78, 5) is 19.6. The number of carbonyl (C=O) groups is 1. The second-order valence-electron chi connectivity index (χ2n) is 3.02. The van der Waals surface area contributed by atoms with Gasteiger partial charge >= 0.3 is 0 Å². The first-order valence-electron chi connectivity index (χ1n) is 4.56. The first-order chi connectivity index (χ1) is 6.83. The number of nitrogens with zero attached hydrogens (tertiary/aromatic N) is 2. The number of para-hydroxylation sites is 1. The van der Waals surface area contributed by atoms with Crippen molar-refractivity contribution in [3.8, 4) is 0 Å². The van der Waals surface area contributed by atoms with Gasteiger partial charge in [-0.05, 0) is 6.07 Å². The van der Waals surface area contributed by atoms with Crippen molar-refractivity contribution in [2.75, 3.05) is 0 Å². The van der Waals surface area contributed by atoms with Crippen LogP contribution in [0.4, 0.5) is 0 Å². The molecular weight excluding hydrogens is 176 g/mol. The van der Waals surface area contributed by atoms with Crippen molar-refractivity contribution in [1.82, 2.24) is 9.97 Å². The number of fused-ring (bicyclic) bond motifs is 1. The van der Waals surface area contributed by atoms with E-state index in [0.29, 0.717) is 12.1 Å². The summed E-state index contributed by atoms with van der Waals surface area (Å²) in [5, 5.41) is 0.835. The molecule has 1 heterocycles. The van der Waals surface area contributed by atoms with Crippen LogP contribution in [0, 0.1) is 0 Å². The smallest absolute Gasteiger partial charge is 0.181 e. The normalized spacial score (nSPS) is 10.4. The van der Waals surface area contributed by atoms with Crippen molar-refractivity contribution in [2.24, 2.45) is 0 Å². The van der Waals surface area contributed by atoms with Gasteiger partial charge in [0.1, 0.15) is 12.0 Å². The quantitative estimate of drug-likeness (QED) is 0.675. The molecule has 3 heteroatoms. The Hall–Kier alpha value is -1.77. The maximum absolute atomic E-state index is 11.5. The lowest BCUT2D eigenvalue weighted by molar-refractivity contribution is 0.0985. The summed E-state index contributed by atoms with van der Waals surface area (Å²) in [5.41, 5.74) is 1.34. The van der Waals surface area contributed by atoms with E-state index in [2.05, 4.69) is 9.97 Å². The van der Waals surface area contributed by atoms with Gasteiger partial charge in [-0.25, -0.2) is 9.97 Å². The minimum absolute atomic E-state index is 0.0589. The predicted molar refractivity (Wildman–Crippen MR) is 54.2 cm³/mol. The molecule has 0 aliphatic carbocycles. The Labute approximate surface area is 81.8 Å². The average Bonchev–Trinajstić information content (AvgIpc) is 2.27. The third-order valence-electron chi connectivity index (χ3n) is 2.13. The molecular formula is C11H10N2O. The molecule has 0 saturated carbocycles. The summed E-state index contributed by atoms with van der Waals surface area (Å²) >= 11 is 0. The van der Waals surface area contributed by atoms with Crippen LogP contribution < -0.4 is 0 Å². The number of Topliss-reactive ketones (excluding diaryl/α,β-unsaturated/α-hetero) is 1. The van der Waals surface area contributed by atoms with Crippen molar-refractivity contribution in [3.63, 3.8) is 0 Å². The highest BCUT2D eigenvalue weighted by molar-refractivity contribution is 6.05. The standard InChI is InChI=1S/C11H10N2O/c1-2-10(14)11-8-5-3-4-6-9(8)12-7-13-11/h3-7H,2H2,1H3. The molecule has 14 heavy (non-hydrogen) atoms. The van der Waals surface area contributed by atoms with Gasteiger partial charge in [0.05, 0.1) is 5.52 Å². The van der Waals surface area contributed by atoms with E-state index in [1.165, 1.54) is 6.33 Å². The molecule has 0 N–H and O–H groups in total. The molecule has 0 unspecified atom stereocenters. The van der Waals surface area contributed by atoms with Crippen LogP contribution in [-0.4, -0.2) is 15.8 Å². The summed E-state index contributed by atoms with van der Waals surface area (Å²) in [6.07, 6.45) is 1.91. The number of hydrogen-bond acceptors (Lipinski definition) is 3. The Morgan fingerprint density at radius 1 is 1.29 bits per heavy atom. The molecule has 1 aromatic heterocycles. The van der Waals surface area contributed by atoms with Gasteiger partial charge in [0.25, 0.3) is 0 Å². The summed E-state index contributed by atoms with van der Waals surface area (Å²) in [7, 11) is 0. The van der Waals surface area contributed by atoms with Gasteiger partial charge in [0.2, 0.25) is 0 Å². The molecule has 0 atom stereocenters. The minimum atomic E-state index is 0.0589. The lowest BCUT2D eigenvalue weighted by Crippen LogP contribution is -2.01. The molecule has 0 fully saturated rings. The molecule has 3 nitrogen and oxygen atoms in total. The average molecular weight is 186 g/mol. The molecule has 0 radical (unpaired) electrons. The van der Waals surface area contributed by atoms with E-state index in [0.717, 1.165) is 10.9 Å². The second-order valence-corrected chi connectivity index (χ2v) is 3.02. The van der Waals surface area contributed by atoms with Gasteiger partial charge in [-0.2, -0.15) is 0 Å². The molecule has 0 aliphatic heterocycles. The molecule has 0 saturated heterocycles. The highest BCUT2D eigenvalue weighted by atomic mass is 16.1. The summed E-state index contributed by atoms with van der Waals surface area (Å²) in [6.45, 7) is 1.83. The van der Waals surface area contributed by atoms with Crippen LogP contribution in [0.15, 0.2) is 30.6 Å². The van der Waals surface area contributed by atoms with E-state index >= 15 is 0 Å². The highest BCUT2D eigenvalue weighted by Crippen LogP contribution is 2.14. The number of rotatable bonds is 2. The minimum Gasteiger partial charge on any atom is -0.292 e. The summed E-state index contributed by atoms with van der Waals surface area (Å²) in [6, 6.07) is 7.54. The molecule has 0 amide bonds. The van der Waals surface area contributed by atoms with Gasteiger partial charge < -0.3 is 0 Å². The largest absolute Gasteiger partial charge is 0.292 e. The van der Waals surface area contributed by atoms with E-state index in [9.17, 15) is 4.79 Å². The van der Waals surface area contributed by atoms with Crippen molar-refractivity contribution < 1.29 is 4.79 Å². The van der Waals surface area contributed by atoms with E-state index in [1.807, 2.05) is 31.2 Å². The predicted octanol–water partition coefficient (Wildman–Crippen LogP) is 2.22. The van der Waals surface area contributed by atoms with Crippen molar-refractivity contribution in [3.05, 3.63) is 36.3 Å². The lowest BCUT2D eigenvalue weighted by Gasteiger charge is -2.01. The van der Waals surface area contributed by atoms with E-state index in [1.54, 1.807) is 0 Å². The van der Waals surface area contributed by atoms with Crippen molar-refractivity contribution >= 4 is 16.7 Å². The number of aromatic nitrogens is 2. The Bertz CT molecular complexity index is 474. The molecule has 0 bridgehead atoms. The van der Waals surface area contributed by atoms with Gasteiger partial charge in [0.15, 0.2) is 5.78 Å². The first-order valence-corrected chi connectivity index (χ1v) is 4.56. The zero-order valence-corrected chi connectivity index (χ0v) is 7.90. The molecule has 2 rings (SSSR count). The zero-order chi connectivity index (χ0) is 9.97. The molecule has 0 aliphatic rings. The third-order valence-corrected chi connectivity index (χ3v) is 2.13. The van der Waals surface area contributed by atoms with Crippen LogP contribution in [0.3, 0.4) is 0 Å². The Kier molecular flexibility index (Phi) is 2.23. The van der Waals surface area contributed by atoms with Gasteiger partial charge in [-0.1, -0.05) is 25.1 Å². The number of ketones is 1. The summed E-state index contributed by atoms with van der Waals surface area (Å²) < 4.78 is 0. The van der Waals surface area contributed by atoms with E-state index in [4.69, 9.17) is 0 Å². The van der Waals surface area contributed by atoms with Crippen LogP contribution in [0.1, 0.15) is 23.8 Å². The van der Waals surface area contributed by atoms with E-state index in [-0.39, 0.29) is 5.78 Å². The monoisotopic (exact) mass is 186 g/mol. The second kappa shape index (κ2) is 3.54. The maximum Gasteiger partial charge on any atom is 0.181 e. The Balaban J connectivity index is 2.71. The molecule has 70 valence electrons. The Morgan fingerprint density at radius 2 is 2.07 bits per heavy atom. The van der Waals surface area contributed by atoms with Gasteiger partial charge in [-0.3, -0.25) is 4.79 Å². The molecule has 1 aromatic carbocycles. The number of benzene rings is 1. The third kappa shape index (κ3) is 1.37. The van der Waals surface area contributed by atoms with Crippen LogP contribution in [0.5, 0.6) is 0 Å². The van der Waals surface area contributed by atoms with Crippen molar-refractivity contribution in [2.45, 2.75) is 13.3 Å². The zero-order valence-electron chi connectivity index (χ0n) is 7.90. The highest BCUT2D eigenvalue weighted by Gasteiger charge is 2.08. The van der Waals surface area contributed by atoms with Gasteiger partial charge in [-0.15, -0.1) is 0 Å². The lowest BCUT2D eigenvalue weighted by atomic mass is 10.1. The van der Waals surface area contributed by atoms with Crippen LogP contribution in [0.2, 0.25) is 0 Å². The van der Waals surface area contributed by atoms with Gasteiger partial charge in [0, 0.05) is 11.8 Å². The topological polar surface area (TPSA) is 42.9 Å². The van der Waals surface area contributed by atoms with Crippen molar-refractivity contribution in [1.29, 1.82) is 0 Å². The first kappa shape index (κ1) is 8.81. The number of carbonyl (C=O) groups excluding carboxylic acids is 1. The van der Waals surface area contributed by atoms with E-state index < -0.39 is 0 Å². The van der Waals surface area contributed by atoms with Crippen LogP contribution in [-0.2, 0) is 0 Å². The SMILES string of the molecule is CCC(=O)c1ncnc2ccccc12. The van der Waals surface area contributed by atoms with Crippen LogP contribution >= 0.6 is 0 Å². The number of hydrogen-bond donors (Lipinski definition) is 0. The Morgan fingerprint density at radius 3 is 2.86 bits per heavy atom. The fraction of sp³-hybridized carbons (Fsp3) is 0.182.